The molecule has 146 valence electrons. The fraction of sp³-hybridized carbons (Fsp3) is 0.579. The maximum Gasteiger partial charge on any atom is 0.308 e. The van der Waals surface area contributed by atoms with Gasteiger partial charge in [-0.3, -0.25) is 9.79 Å². The summed E-state index contributed by atoms with van der Waals surface area (Å²) in [6.45, 7) is 6.35. The average Bonchev–Trinajstić information content (AvgIpc) is 2.63. The van der Waals surface area contributed by atoms with Crippen LogP contribution < -0.4 is 10.1 Å². The lowest BCUT2D eigenvalue weighted by Crippen LogP contribution is -2.46. The number of esters is 1. The Balaban J connectivity index is 0.00000338. The highest BCUT2D eigenvalue weighted by Gasteiger charge is 2.26. The van der Waals surface area contributed by atoms with Crippen molar-refractivity contribution in [1.82, 2.24) is 10.2 Å². The zero-order valence-electron chi connectivity index (χ0n) is 16.0. The summed E-state index contributed by atoms with van der Waals surface area (Å²) in [6, 6.07) is 8.09. The molecule has 1 aromatic rings. The second-order valence-corrected chi connectivity index (χ2v) is 6.50. The van der Waals surface area contributed by atoms with Crippen molar-refractivity contribution in [3.63, 3.8) is 0 Å². The molecule has 1 aromatic carbocycles. The van der Waals surface area contributed by atoms with Crippen LogP contribution in [0.3, 0.4) is 0 Å². The molecule has 0 aliphatic carbocycles. The van der Waals surface area contributed by atoms with E-state index in [9.17, 15) is 4.79 Å². The molecule has 1 N–H and O–H groups in total. The quantitative estimate of drug-likeness (QED) is 0.307. The van der Waals surface area contributed by atoms with E-state index in [2.05, 4.69) is 27.3 Å². The van der Waals surface area contributed by atoms with Crippen molar-refractivity contribution >= 4 is 35.9 Å². The van der Waals surface area contributed by atoms with Crippen LogP contribution in [-0.4, -0.2) is 50.2 Å². The van der Waals surface area contributed by atoms with Gasteiger partial charge in [0, 0.05) is 26.7 Å². The molecule has 0 amide bonds. The number of nitrogens with zero attached hydrogens (tertiary/aromatic N) is 2. The van der Waals surface area contributed by atoms with Gasteiger partial charge >= 0.3 is 5.97 Å². The standard InChI is InChI=1S/C19H29N3O3.HI/c1-14(2)25-17-7-5-15(6-8-17)13-21-19(20-3)22-11-9-16(10-12-22)18(23)24-4;/h5-8,14,16H,9-13H2,1-4H3,(H,20,21);1H. The summed E-state index contributed by atoms with van der Waals surface area (Å²) in [5.74, 6) is 1.65. The smallest absolute Gasteiger partial charge is 0.308 e. The largest absolute Gasteiger partial charge is 0.491 e. The number of halogens is 1. The van der Waals surface area contributed by atoms with E-state index < -0.39 is 0 Å². The summed E-state index contributed by atoms with van der Waals surface area (Å²) in [4.78, 5) is 18.2. The highest BCUT2D eigenvalue weighted by Crippen LogP contribution is 2.19. The number of aliphatic imine (C=N–C) groups is 1. The first-order valence-electron chi connectivity index (χ1n) is 8.82. The lowest BCUT2D eigenvalue weighted by atomic mass is 9.97. The Morgan fingerprint density at radius 3 is 2.38 bits per heavy atom. The minimum Gasteiger partial charge on any atom is -0.491 e. The minimum absolute atomic E-state index is 0. The molecule has 0 bridgehead atoms. The van der Waals surface area contributed by atoms with Crippen molar-refractivity contribution in [3.8, 4) is 5.75 Å². The number of carbonyl (C=O) groups excluding carboxylic acids is 1. The normalized spacial score (nSPS) is 15.4. The second-order valence-electron chi connectivity index (χ2n) is 6.50. The SMILES string of the molecule is CN=C(NCc1ccc(OC(C)C)cc1)N1CCC(C(=O)OC)CC1.I. The first-order chi connectivity index (χ1) is 12.0. The molecule has 0 atom stereocenters. The summed E-state index contributed by atoms with van der Waals surface area (Å²) >= 11 is 0. The molecular formula is C19H30IN3O3. The van der Waals surface area contributed by atoms with Crippen molar-refractivity contribution in [2.24, 2.45) is 10.9 Å². The molecule has 1 fully saturated rings. The van der Waals surface area contributed by atoms with Gasteiger partial charge in [-0.2, -0.15) is 0 Å². The minimum atomic E-state index is -0.105. The third kappa shape index (κ3) is 6.66. The summed E-state index contributed by atoms with van der Waals surface area (Å²) in [5.41, 5.74) is 1.17. The first-order valence-corrected chi connectivity index (χ1v) is 8.82. The topological polar surface area (TPSA) is 63.2 Å². The van der Waals surface area contributed by atoms with Crippen molar-refractivity contribution in [2.75, 3.05) is 27.2 Å². The third-order valence-electron chi connectivity index (χ3n) is 4.29. The molecule has 0 saturated carbocycles. The van der Waals surface area contributed by atoms with E-state index in [4.69, 9.17) is 9.47 Å². The van der Waals surface area contributed by atoms with Gasteiger partial charge in [-0.05, 0) is 44.4 Å². The van der Waals surface area contributed by atoms with Crippen LogP contribution in [0.15, 0.2) is 29.3 Å². The number of benzene rings is 1. The zero-order chi connectivity index (χ0) is 18.2. The van der Waals surface area contributed by atoms with E-state index in [1.807, 2.05) is 26.0 Å². The van der Waals surface area contributed by atoms with Gasteiger partial charge in [0.05, 0.1) is 19.1 Å². The highest BCUT2D eigenvalue weighted by molar-refractivity contribution is 14.0. The fourth-order valence-electron chi connectivity index (χ4n) is 2.97. The maximum absolute atomic E-state index is 11.6. The van der Waals surface area contributed by atoms with Crippen molar-refractivity contribution < 1.29 is 14.3 Å². The van der Waals surface area contributed by atoms with Gasteiger partial charge in [0.2, 0.25) is 0 Å². The number of likely N-dealkylation sites (tertiary alicyclic amines) is 1. The number of guanidine groups is 1. The van der Waals surface area contributed by atoms with Crippen LogP contribution in [0.5, 0.6) is 5.75 Å². The van der Waals surface area contributed by atoms with Crippen LogP contribution >= 0.6 is 24.0 Å². The summed E-state index contributed by atoms with van der Waals surface area (Å²) in [7, 11) is 3.24. The Morgan fingerprint density at radius 2 is 1.88 bits per heavy atom. The predicted molar refractivity (Wildman–Crippen MR) is 114 cm³/mol. The van der Waals surface area contributed by atoms with E-state index in [-0.39, 0.29) is 42.0 Å². The number of carbonyl (C=O) groups is 1. The van der Waals surface area contributed by atoms with Gasteiger partial charge in [0.1, 0.15) is 5.75 Å². The predicted octanol–water partition coefficient (Wildman–Crippen LogP) is 3.05. The van der Waals surface area contributed by atoms with E-state index in [1.54, 1.807) is 7.05 Å². The van der Waals surface area contributed by atoms with Gasteiger partial charge in [-0.1, -0.05) is 12.1 Å². The number of piperidine rings is 1. The zero-order valence-corrected chi connectivity index (χ0v) is 18.4. The summed E-state index contributed by atoms with van der Waals surface area (Å²) < 4.78 is 10.5. The number of nitrogens with one attached hydrogen (secondary N) is 1. The molecule has 1 saturated heterocycles. The third-order valence-corrected chi connectivity index (χ3v) is 4.29. The second kappa shape index (κ2) is 11.3. The van der Waals surface area contributed by atoms with Crippen LogP contribution in [-0.2, 0) is 16.1 Å². The van der Waals surface area contributed by atoms with E-state index in [0.717, 1.165) is 37.6 Å². The van der Waals surface area contributed by atoms with Crippen LogP contribution in [0.1, 0.15) is 32.3 Å². The molecule has 0 unspecified atom stereocenters. The Bertz CT molecular complexity index is 582. The molecule has 1 aliphatic rings. The highest BCUT2D eigenvalue weighted by atomic mass is 127. The van der Waals surface area contributed by atoms with Crippen molar-refractivity contribution in [3.05, 3.63) is 29.8 Å². The Hall–Kier alpha value is -1.51. The van der Waals surface area contributed by atoms with Gasteiger partial charge in [0.25, 0.3) is 0 Å². The van der Waals surface area contributed by atoms with Gasteiger partial charge < -0.3 is 19.7 Å². The molecule has 0 spiro atoms. The van der Waals surface area contributed by atoms with Crippen LogP contribution in [0.25, 0.3) is 0 Å². The summed E-state index contributed by atoms with van der Waals surface area (Å²) in [6.07, 6.45) is 1.78. The fourth-order valence-corrected chi connectivity index (χ4v) is 2.97. The molecule has 26 heavy (non-hydrogen) atoms. The maximum atomic E-state index is 11.6. The van der Waals surface area contributed by atoms with Crippen LogP contribution in [0.2, 0.25) is 0 Å². The number of ether oxygens (including phenoxy) is 2. The van der Waals surface area contributed by atoms with Crippen LogP contribution in [0.4, 0.5) is 0 Å². The first kappa shape index (κ1) is 22.5. The summed E-state index contributed by atoms with van der Waals surface area (Å²) in [5, 5.41) is 3.39. The molecule has 0 radical (unpaired) electrons. The Morgan fingerprint density at radius 1 is 1.27 bits per heavy atom. The van der Waals surface area contributed by atoms with Crippen molar-refractivity contribution in [1.29, 1.82) is 0 Å². The van der Waals surface area contributed by atoms with Crippen LogP contribution in [0, 0.1) is 5.92 Å². The molecule has 1 aliphatic heterocycles. The lowest BCUT2D eigenvalue weighted by Gasteiger charge is -2.33. The molecule has 7 heteroatoms. The number of methoxy groups -OCH3 is 1. The van der Waals surface area contributed by atoms with Gasteiger partial charge in [0.15, 0.2) is 5.96 Å². The molecule has 0 aromatic heterocycles. The molecule has 1 heterocycles. The number of hydrogen-bond acceptors (Lipinski definition) is 4. The monoisotopic (exact) mass is 475 g/mol. The molecular weight excluding hydrogens is 445 g/mol. The van der Waals surface area contributed by atoms with Crippen molar-refractivity contribution in [2.45, 2.75) is 39.3 Å². The van der Waals surface area contributed by atoms with Gasteiger partial charge in [-0.25, -0.2) is 0 Å². The molecule has 2 rings (SSSR count). The number of rotatable bonds is 5. The lowest BCUT2D eigenvalue weighted by molar-refractivity contribution is -0.146. The molecule has 6 nitrogen and oxygen atoms in total. The van der Waals surface area contributed by atoms with E-state index in [0.29, 0.717) is 6.54 Å². The van der Waals surface area contributed by atoms with E-state index in [1.165, 1.54) is 12.7 Å². The average molecular weight is 475 g/mol. The van der Waals surface area contributed by atoms with Gasteiger partial charge in [-0.15, -0.1) is 24.0 Å². The Kier molecular flexibility index (Phi) is 9.75. The number of hydrogen-bond donors (Lipinski definition) is 1. The van der Waals surface area contributed by atoms with E-state index >= 15 is 0 Å². The Labute approximate surface area is 173 Å².